The average Bonchev–Trinajstić information content (AvgIpc) is 3.16. The minimum atomic E-state index is 0.0757. The lowest BCUT2D eigenvalue weighted by atomic mass is 10.3. The fourth-order valence-corrected chi connectivity index (χ4v) is 2.32. The Hall–Kier alpha value is -1.47. The van der Waals surface area contributed by atoms with Crippen molar-refractivity contribution in [1.82, 2.24) is 25.2 Å². The molecule has 1 atom stereocenters. The molecule has 1 saturated heterocycles. The van der Waals surface area contributed by atoms with Gasteiger partial charge in [-0.3, -0.25) is 4.79 Å². The van der Waals surface area contributed by atoms with Crippen LogP contribution in [0.25, 0.3) is 0 Å². The Morgan fingerprint density at radius 2 is 2.40 bits per heavy atom. The number of rotatable bonds is 5. The molecule has 1 aromatic rings. The molecular formula is C13H21N5O2. The van der Waals surface area contributed by atoms with Crippen LogP contribution in [0.2, 0.25) is 0 Å². The molecule has 2 fully saturated rings. The maximum Gasteiger partial charge on any atom is 0.244 e. The van der Waals surface area contributed by atoms with Crippen molar-refractivity contribution >= 4 is 5.91 Å². The molecule has 1 aliphatic heterocycles. The van der Waals surface area contributed by atoms with Gasteiger partial charge < -0.3 is 15.0 Å². The van der Waals surface area contributed by atoms with E-state index in [1.807, 2.05) is 18.0 Å². The molecule has 1 aromatic heterocycles. The Kier molecular flexibility index (Phi) is 3.98. The monoisotopic (exact) mass is 279 g/mol. The van der Waals surface area contributed by atoms with Crippen molar-refractivity contribution in [2.45, 2.75) is 45.0 Å². The summed E-state index contributed by atoms with van der Waals surface area (Å²) < 4.78 is 7.05. The molecule has 1 saturated carbocycles. The third kappa shape index (κ3) is 3.55. The van der Waals surface area contributed by atoms with Crippen molar-refractivity contribution in [3.63, 3.8) is 0 Å². The molecule has 1 unspecified atom stereocenters. The van der Waals surface area contributed by atoms with Crippen molar-refractivity contribution in [3.05, 3.63) is 11.9 Å². The zero-order chi connectivity index (χ0) is 13.9. The largest absolute Gasteiger partial charge is 0.375 e. The number of ether oxygens (including phenoxy) is 1. The molecule has 2 heterocycles. The Balaban J connectivity index is 1.49. The van der Waals surface area contributed by atoms with Gasteiger partial charge in [0.2, 0.25) is 5.91 Å². The van der Waals surface area contributed by atoms with Crippen LogP contribution in [0.15, 0.2) is 6.20 Å². The van der Waals surface area contributed by atoms with E-state index in [1.54, 1.807) is 4.68 Å². The molecule has 0 bridgehead atoms. The lowest BCUT2D eigenvalue weighted by Crippen LogP contribution is -2.45. The number of nitrogens with one attached hydrogen (secondary N) is 1. The second-order valence-corrected chi connectivity index (χ2v) is 5.58. The molecule has 3 rings (SSSR count). The van der Waals surface area contributed by atoms with Crippen molar-refractivity contribution in [1.29, 1.82) is 0 Å². The second kappa shape index (κ2) is 5.88. The summed E-state index contributed by atoms with van der Waals surface area (Å²) in [6, 6.07) is 0.650. The number of hydrogen-bond donors (Lipinski definition) is 1. The van der Waals surface area contributed by atoms with Crippen molar-refractivity contribution in [2.24, 2.45) is 0 Å². The molecule has 2 aliphatic rings. The van der Waals surface area contributed by atoms with Crippen LogP contribution < -0.4 is 5.32 Å². The van der Waals surface area contributed by atoms with Gasteiger partial charge >= 0.3 is 0 Å². The molecule has 7 nitrogen and oxygen atoms in total. The zero-order valence-electron chi connectivity index (χ0n) is 11.8. The minimum absolute atomic E-state index is 0.0757. The van der Waals surface area contributed by atoms with Gasteiger partial charge in [0.15, 0.2) is 0 Å². The molecule has 1 aliphatic carbocycles. The van der Waals surface area contributed by atoms with Crippen molar-refractivity contribution in [2.75, 3.05) is 19.7 Å². The summed E-state index contributed by atoms with van der Waals surface area (Å²) in [7, 11) is 0. The Bertz CT molecular complexity index is 471. The highest BCUT2D eigenvalue weighted by molar-refractivity contribution is 5.76. The molecule has 20 heavy (non-hydrogen) atoms. The van der Waals surface area contributed by atoms with Gasteiger partial charge in [-0.15, -0.1) is 5.10 Å². The number of carbonyl (C=O) groups is 1. The van der Waals surface area contributed by atoms with E-state index in [1.165, 1.54) is 12.8 Å². The maximum absolute atomic E-state index is 12.2. The van der Waals surface area contributed by atoms with Gasteiger partial charge in [0.05, 0.1) is 24.6 Å². The van der Waals surface area contributed by atoms with E-state index < -0.39 is 0 Å². The van der Waals surface area contributed by atoms with Crippen LogP contribution in [-0.2, 0) is 22.6 Å². The first-order valence-corrected chi connectivity index (χ1v) is 7.22. The number of nitrogens with zero attached hydrogens (tertiary/aromatic N) is 4. The smallest absolute Gasteiger partial charge is 0.244 e. The fourth-order valence-electron chi connectivity index (χ4n) is 2.32. The first-order chi connectivity index (χ1) is 9.70. The van der Waals surface area contributed by atoms with Crippen molar-refractivity contribution < 1.29 is 9.53 Å². The highest BCUT2D eigenvalue weighted by Gasteiger charge is 2.22. The number of aromatic nitrogens is 3. The van der Waals surface area contributed by atoms with Gasteiger partial charge in [0.25, 0.3) is 0 Å². The van der Waals surface area contributed by atoms with E-state index in [0.717, 1.165) is 12.2 Å². The number of hydrogen-bond acceptors (Lipinski definition) is 5. The van der Waals surface area contributed by atoms with Crippen LogP contribution in [0.4, 0.5) is 0 Å². The third-order valence-corrected chi connectivity index (χ3v) is 3.63. The third-order valence-electron chi connectivity index (χ3n) is 3.63. The molecule has 0 spiro atoms. The van der Waals surface area contributed by atoms with E-state index in [2.05, 4.69) is 15.6 Å². The molecule has 0 radical (unpaired) electrons. The zero-order valence-corrected chi connectivity index (χ0v) is 11.8. The molecule has 110 valence electrons. The van der Waals surface area contributed by atoms with Crippen LogP contribution in [0.5, 0.6) is 0 Å². The van der Waals surface area contributed by atoms with Gasteiger partial charge in [-0.1, -0.05) is 5.21 Å². The summed E-state index contributed by atoms with van der Waals surface area (Å²) in [4.78, 5) is 14.0. The topological polar surface area (TPSA) is 72.3 Å². The van der Waals surface area contributed by atoms with Crippen LogP contribution in [0.3, 0.4) is 0 Å². The summed E-state index contributed by atoms with van der Waals surface area (Å²) in [6.45, 7) is 4.89. The van der Waals surface area contributed by atoms with E-state index in [0.29, 0.717) is 25.7 Å². The first-order valence-electron chi connectivity index (χ1n) is 7.22. The predicted molar refractivity (Wildman–Crippen MR) is 71.9 cm³/mol. The summed E-state index contributed by atoms with van der Waals surface area (Å²) in [5, 5.41) is 11.5. The molecular weight excluding hydrogens is 258 g/mol. The van der Waals surface area contributed by atoms with E-state index in [9.17, 15) is 4.79 Å². The molecule has 0 aromatic carbocycles. The standard InChI is InChI=1S/C13H21N5O2/c1-10-7-17(4-5-20-10)13(19)9-18-8-12(15-16-18)6-14-11-2-3-11/h8,10-11,14H,2-7,9H2,1H3. The normalized spacial score (nSPS) is 23.1. The van der Waals surface area contributed by atoms with Crippen LogP contribution in [0, 0.1) is 0 Å². The summed E-state index contributed by atoms with van der Waals surface area (Å²) in [5.41, 5.74) is 0.889. The van der Waals surface area contributed by atoms with Gasteiger partial charge in [-0.2, -0.15) is 0 Å². The van der Waals surface area contributed by atoms with E-state index in [-0.39, 0.29) is 18.6 Å². The van der Waals surface area contributed by atoms with Crippen molar-refractivity contribution in [3.8, 4) is 0 Å². The first kappa shape index (κ1) is 13.5. The fraction of sp³-hybridized carbons (Fsp3) is 0.769. The molecule has 7 heteroatoms. The average molecular weight is 279 g/mol. The highest BCUT2D eigenvalue weighted by Crippen LogP contribution is 2.18. The summed E-state index contributed by atoms with van der Waals surface area (Å²) in [6.07, 6.45) is 4.46. The SMILES string of the molecule is CC1CN(C(=O)Cn2cc(CNC3CC3)nn2)CCO1. The van der Waals surface area contributed by atoms with E-state index in [4.69, 9.17) is 4.74 Å². The molecule has 1 amide bonds. The van der Waals surface area contributed by atoms with Crippen LogP contribution in [-0.4, -0.2) is 57.6 Å². The van der Waals surface area contributed by atoms with Gasteiger partial charge in [-0.05, 0) is 19.8 Å². The quantitative estimate of drug-likeness (QED) is 0.806. The summed E-state index contributed by atoms with van der Waals surface area (Å²) in [5.74, 6) is 0.0757. The lowest BCUT2D eigenvalue weighted by molar-refractivity contribution is -0.139. The maximum atomic E-state index is 12.2. The highest BCUT2D eigenvalue weighted by atomic mass is 16.5. The van der Waals surface area contributed by atoms with Crippen LogP contribution in [0.1, 0.15) is 25.5 Å². The lowest BCUT2D eigenvalue weighted by Gasteiger charge is -2.31. The summed E-state index contributed by atoms with van der Waals surface area (Å²) >= 11 is 0. The Morgan fingerprint density at radius 3 is 3.15 bits per heavy atom. The predicted octanol–water partition coefficient (Wildman–Crippen LogP) is -0.223. The van der Waals surface area contributed by atoms with Crippen LogP contribution >= 0.6 is 0 Å². The minimum Gasteiger partial charge on any atom is -0.375 e. The Labute approximate surface area is 118 Å². The van der Waals surface area contributed by atoms with E-state index >= 15 is 0 Å². The van der Waals surface area contributed by atoms with Gasteiger partial charge in [-0.25, -0.2) is 4.68 Å². The number of amides is 1. The number of carbonyl (C=O) groups excluding carboxylic acids is 1. The Morgan fingerprint density at radius 1 is 1.55 bits per heavy atom. The molecule has 1 N–H and O–H groups in total. The van der Waals surface area contributed by atoms with Gasteiger partial charge in [0, 0.05) is 25.7 Å². The number of morpholine rings is 1. The van der Waals surface area contributed by atoms with Gasteiger partial charge in [0.1, 0.15) is 6.54 Å². The second-order valence-electron chi connectivity index (χ2n) is 5.58.